The van der Waals surface area contributed by atoms with Crippen LogP contribution in [0, 0.1) is 6.92 Å². The van der Waals surface area contributed by atoms with Crippen molar-refractivity contribution in [2.24, 2.45) is 4.99 Å². The molecule has 0 aliphatic carbocycles. The molecule has 24 heavy (non-hydrogen) atoms. The van der Waals surface area contributed by atoms with Crippen LogP contribution in [0.2, 0.25) is 5.02 Å². The average Bonchev–Trinajstić information content (AvgIpc) is 2.88. The minimum absolute atomic E-state index is 0.468. The van der Waals surface area contributed by atoms with Crippen molar-refractivity contribution in [3.05, 3.63) is 70.3 Å². The topological polar surface area (TPSA) is 52.3 Å². The van der Waals surface area contributed by atoms with Gasteiger partial charge in [-0.15, -0.1) is 10.2 Å². The highest BCUT2D eigenvalue weighted by atomic mass is 35.5. The Kier molecular flexibility index (Phi) is 3.58. The Balaban J connectivity index is 1.97. The molecule has 1 aromatic heterocycles. The monoisotopic (exact) mass is 338 g/mol. The maximum Gasteiger partial charge on any atom is 0.159 e. The molecule has 0 saturated heterocycles. The fourth-order valence-corrected chi connectivity index (χ4v) is 3.06. The molecule has 1 aliphatic heterocycles. The van der Waals surface area contributed by atoms with Crippen molar-refractivity contribution in [1.82, 2.24) is 14.8 Å². The van der Waals surface area contributed by atoms with Gasteiger partial charge < -0.3 is 4.74 Å². The molecule has 1 aliphatic rings. The van der Waals surface area contributed by atoms with Crippen molar-refractivity contribution in [3.63, 3.8) is 0 Å². The number of benzene rings is 2. The first kappa shape index (κ1) is 14.9. The molecule has 0 N–H and O–H groups in total. The number of methoxy groups -OCH3 is 1. The van der Waals surface area contributed by atoms with E-state index < -0.39 is 0 Å². The molecule has 5 nitrogen and oxygen atoms in total. The summed E-state index contributed by atoms with van der Waals surface area (Å²) in [4.78, 5) is 4.79. The van der Waals surface area contributed by atoms with Gasteiger partial charge in [0.25, 0.3) is 0 Å². The number of hydrogen-bond acceptors (Lipinski definition) is 4. The second-order valence-electron chi connectivity index (χ2n) is 5.55. The van der Waals surface area contributed by atoms with Crippen LogP contribution in [0.4, 0.5) is 0 Å². The Morgan fingerprint density at radius 2 is 1.88 bits per heavy atom. The van der Waals surface area contributed by atoms with Crippen molar-refractivity contribution in [2.45, 2.75) is 13.5 Å². The van der Waals surface area contributed by atoms with Crippen molar-refractivity contribution in [2.75, 3.05) is 7.11 Å². The number of rotatable bonds is 2. The highest BCUT2D eigenvalue weighted by Gasteiger charge is 2.22. The van der Waals surface area contributed by atoms with Crippen molar-refractivity contribution < 1.29 is 4.74 Å². The zero-order valence-electron chi connectivity index (χ0n) is 13.3. The van der Waals surface area contributed by atoms with Crippen LogP contribution >= 0.6 is 11.6 Å². The molecule has 3 aromatic rings. The number of hydrogen-bond donors (Lipinski definition) is 0. The molecule has 0 spiro atoms. The second-order valence-corrected chi connectivity index (χ2v) is 5.99. The number of aromatic nitrogens is 3. The summed E-state index contributed by atoms with van der Waals surface area (Å²) in [5.74, 6) is 2.44. The summed E-state index contributed by atoms with van der Waals surface area (Å²) in [7, 11) is 1.66. The third kappa shape index (κ3) is 2.37. The first-order valence-electron chi connectivity index (χ1n) is 7.57. The van der Waals surface area contributed by atoms with E-state index in [0.29, 0.717) is 11.6 Å². The first-order chi connectivity index (χ1) is 11.7. The van der Waals surface area contributed by atoms with E-state index in [2.05, 4.69) is 10.2 Å². The number of halogens is 1. The minimum Gasteiger partial charge on any atom is -0.497 e. The predicted molar refractivity (Wildman–Crippen MR) is 93.4 cm³/mol. The van der Waals surface area contributed by atoms with Crippen LogP contribution < -0.4 is 4.74 Å². The summed E-state index contributed by atoms with van der Waals surface area (Å²) in [6, 6.07) is 13.6. The number of aryl methyl sites for hydroxylation is 1. The second kappa shape index (κ2) is 5.76. The Bertz CT molecular complexity index is 944. The van der Waals surface area contributed by atoms with Crippen LogP contribution in [0.15, 0.2) is 47.5 Å². The molecular weight excluding hydrogens is 324 g/mol. The standard InChI is InChI=1S/C18H15ClN4O/c1-11-21-22-17-10-20-18(12-3-5-13(19)6-4-12)15-9-14(24-2)7-8-16(15)23(11)17/h3-9H,10H2,1-2H3. The number of nitrogens with zero attached hydrogens (tertiary/aromatic N) is 4. The van der Waals surface area contributed by atoms with Crippen LogP contribution in [-0.2, 0) is 6.54 Å². The van der Waals surface area contributed by atoms with Crippen LogP contribution in [-0.4, -0.2) is 27.6 Å². The van der Waals surface area contributed by atoms with Gasteiger partial charge in [-0.05, 0) is 37.3 Å². The molecule has 120 valence electrons. The maximum absolute atomic E-state index is 6.02. The Labute approximate surface area is 144 Å². The van der Waals surface area contributed by atoms with Crippen LogP contribution in [0.5, 0.6) is 5.75 Å². The quantitative estimate of drug-likeness (QED) is 0.717. The lowest BCUT2D eigenvalue weighted by Gasteiger charge is -2.14. The fraction of sp³-hybridized carbons (Fsp3) is 0.167. The fourth-order valence-electron chi connectivity index (χ4n) is 2.94. The smallest absolute Gasteiger partial charge is 0.159 e. The summed E-state index contributed by atoms with van der Waals surface area (Å²) >= 11 is 6.02. The van der Waals surface area contributed by atoms with Crippen LogP contribution in [0.25, 0.3) is 5.69 Å². The van der Waals surface area contributed by atoms with E-state index in [-0.39, 0.29) is 0 Å². The molecule has 0 atom stereocenters. The van der Waals surface area contributed by atoms with Gasteiger partial charge in [0.1, 0.15) is 18.1 Å². The van der Waals surface area contributed by atoms with Gasteiger partial charge in [-0.25, -0.2) is 0 Å². The van der Waals surface area contributed by atoms with E-state index in [4.69, 9.17) is 21.3 Å². The summed E-state index contributed by atoms with van der Waals surface area (Å²) in [6.45, 7) is 2.41. The molecule has 6 heteroatoms. The molecule has 4 rings (SSSR count). The van der Waals surface area contributed by atoms with E-state index in [1.54, 1.807) is 7.11 Å². The minimum atomic E-state index is 0.468. The molecule has 2 aromatic carbocycles. The van der Waals surface area contributed by atoms with E-state index in [1.807, 2.05) is 54.0 Å². The van der Waals surface area contributed by atoms with Crippen molar-refractivity contribution in [3.8, 4) is 11.4 Å². The summed E-state index contributed by atoms with van der Waals surface area (Å²) in [5, 5.41) is 9.14. The van der Waals surface area contributed by atoms with Crippen molar-refractivity contribution >= 4 is 17.3 Å². The predicted octanol–water partition coefficient (Wildman–Crippen LogP) is 3.59. The van der Waals surface area contributed by atoms with Crippen LogP contribution in [0.3, 0.4) is 0 Å². The lowest BCUT2D eigenvalue weighted by Crippen LogP contribution is -2.08. The average molecular weight is 339 g/mol. The van der Waals surface area contributed by atoms with E-state index in [9.17, 15) is 0 Å². The zero-order chi connectivity index (χ0) is 16.7. The lowest BCUT2D eigenvalue weighted by atomic mass is 10.00. The number of fused-ring (bicyclic) bond motifs is 3. The zero-order valence-corrected chi connectivity index (χ0v) is 14.1. The third-order valence-corrected chi connectivity index (χ3v) is 4.34. The van der Waals surface area contributed by atoms with Gasteiger partial charge in [-0.2, -0.15) is 0 Å². The SMILES string of the molecule is COc1ccc2c(c1)C(c1ccc(Cl)cc1)=NCc1nnc(C)n1-2. The lowest BCUT2D eigenvalue weighted by molar-refractivity contribution is 0.414. The summed E-state index contributed by atoms with van der Waals surface area (Å²) < 4.78 is 7.45. The summed E-state index contributed by atoms with van der Waals surface area (Å²) in [6.07, 6.45) is 0. The van der Waals surface area contributed by atoms with E-state index in [1.165, 1.54) is 0 Å². The molecular formula is C18H15ClN4O. The van der Waals surface area contributed by atoms with Gasteiger partial charge in [0, 0.05) is 16.1 Å². The largest absolute Gasteiger partial charge is 0.497 e. The van der Waals surface area contributed by atoms with Gasteiger partial charge in [0.2, 0.25) is 0 Å². The molecule has 0 unspecified atom stereocenters. The van der Waals surface area contributed by atoms with E-state index >= 15 is 0 Å². The summed E-state index contributed by atoms with van der Waals surface area (Å²) in [5.41, 5.74) is 3.88. The molecule has 2 heterocycles. The van der Waals surface area contributed by atoms with E-state index in [0.717, 1.165) is 39.9 Å². The van der Waals surface area contributed by atoms with Gasteiger partial charge in [-0.3, -0.25) is 9.56 Å². The molecule has 0 fully saturated rings. The Hall–Kier alpha value is -2.66. The van der Waals surface area contributed by atoms with Gasteiger partial charge >= 0.3 is 0 Å². The normalized spacial score (nSPS) is 12.9. The van der Waals surface area contributed by atoms with Crippen LogP contribution in [0.1, 0.15) is 22.8 Å². The maximum atomic E-state index is 6.02. The highest BCUT2D eigenvalue weighted by molar-refractivity contribution is 6.30. The first-order valence-corrected chi connectivity index (χ1v) is 7.95. The Morgan fingerprint density at radius 3 is 2.62 bits per heavy atom. The molecule has 0 amide bonds. The van der Waals surface area contributed by atoms with Gasteiger partial charge in [-0.1, -0.05) is 23.7 Å². The van der Waals surface area contributed by atoms with Gasteiger partial charge in [0.05, 0.1) is 18.5 Å². The number of aliphatic imine (C=N–C) groups is 1. The highest BCUT2D eigenvalue weighted by Crippen LogP contribution is 2.29. The van der Waals surface area contributed by atoms with Gasteiger partial charge in [0.15, 0.2) is 5.82 Å². The number of ether oxygens (including phenoxy) is 1. The van der Waals surface area contributed by atoms with Crippen molar-refractivity contribution in [1.29, 1.82) is 0 Å². The molecule has 0 saturated carbocycles. The third-order valence-electron chi connectivity index (χ3n) is 4.09. The molecule has 0 bridgehead atoms. The Morgan fingerprint density at radius 1 is 1.08 bits per heavy atom. The molecule has 0 radical (unpaired) electrons.